The fourth-order valence-electron chi connectivity index (χ4n) is 8.95. The van der Waals surface area contributed by atoms with Gasteiger partial charge in [-0.1, -0.05) is 118 Å². The largest absolute Gasteiger partial charge is 0.462 e. The maximum atomic E-state index is 12.1. The molecule has 0 saturated heterocycles. The van der Waals surface area contributed by atoms with Crippen LogP contribution in [0.5, 0.6) is 0 Å². The molecule has 0 amide bonds. The number of rotatable bonds is 18. The number of benzene rings is 2. The first-order valence-corrected chi connectivity index (χ1v) is 20.4. The number of esters is 2. The standard InChI is InChI=1S/C47H64O5/c1-5-6-7-8-35-11-17-40(18-12-35)42-23-25-43(26-24-42)41-19-13-36(14-20-41)9-10-37-15-21-45-29-38(16-22-44(45)28-37)27-39(31-51-46(49)33(2)3)32-52-47(50)34(4)30-48/h13,15-16,19,21-22,28-29,35,39-40,42-43,48H,2,4-12,14,17-18,20,23-27,30-32H2,1,3H3. The second kappa shape index (κ2) is 20.1. The summed E-state index contributed by atoms with van der Waals surface area (Å²) in [5.74, 6) is 2.46. The van der Waals surface area contributed by atoms with Crippen molar-refractivity contribution >= 4 is 22.7 Å². The Hall–Kier alpha value is -3.44. The van der Waals surface area contributed by atoms with Gasteiger partial charge in [-0.2, -0.15) is 0 Å². The molecular formula is C47H64O5. The van der Waals surface area contributed by atoms with Crippen LogP contribution in [0.2, 0.25) is 0 Å². The minimum Gasteiger partial charge on any atom is -0.462 e. The first-order valence-electron chi connectivity index (χ1n) is 20.4. The predicted octanol–water partition coefficient (Wildman–Crippen LogP) is 11.0. The van der Waals surface area contributed by atoms with Crippen LogP contribution in [-0.2, 0) is 31.9 Å². The third kappa shape index (κ3) is 11.8. The molecule has 0 aliphatic heterocycles. The van der Waals surface area contributed by atoms with Gasteiger partial charge < -0.3 is 14.6 Å². The first kappa shape index (κ1) is 39.8. The molecule has 3 aliphatic rings. The van der Waals surface area contributed by atoms with Crippen molar-refractivity contribution in [2.75, 3.05) is 19.8 Å². The number of aliphatic hydroxyl groups is 1. The molecule has 0 aromatic heterocycles. The van der Waals surface area contributed by atoms with E-state index in [0.29, 0.717) is 12.0 Å². The highest BCUT2D eigenvalue weighted by molar-refractivity contribution is 5.88. The Morgan fingerprint density at radius 1 is 0.788 bits per heavy atom. The molecule has 52 heavy (non-hydrogen) atoms. The van der Waals surface area contributed by atoms with Gasteiger partial charge in [-0.15, -0.1) is 0 Å². The smallest absolute Gasteiger partial charge is 0.335 e. The van der Waals surface area contributed by atoms with E-state index in [1.807, 2.05) is 0 Å². The molecular weight excluding hydrogens is 645 g/mol. The third-order valence-electron chi connectivity index (χ3n) is 12.3. The number of hydrogen-bond donors (Lipinski definition) is 1. The van der Waals surface area contributed by atoms with Crippen LogP contribution in [0.25, 0.3) is 10.8 Å². The molecule has 2 aromatic rings. The van der Waals surface area contributed by atoms with Gasteiger partial charge in [0.05, 0.1) is 25.4 Å². The number of carbonyl (C=O) groups excluding carboxylic acids is 2. The molecule has 282 valence electrons. The molecule has 2 saturated carbocycles. The molecule has 5 nitrogen and oxygen atoms in total. The van der Waals surface area contributed by atoms with Gasteiger partial charge >= 0.3 is 11.9 Å². The van der Waals surface area contributed by atoms with Gasteiger partial charge in [-0.05, 0) is 123 Å². The highest BCUT2D eigenvalue weighted by atomic mass is 16.5. The van der Waals surface area contributed by atoms with E-state index in [0.717, 1.165) is 47.5 Å². The van der Waals surface area contributed by atoms with Crippen LogP contribution in [0.1, 0.15) is 121 Å². The third-order valence-corrected chi connectivity index (χ3v) is 12.3. The normalized spacial score (nSPS) is 22.6. The highest BCUT2D eigenvalue weighted by Crippen LogP contribution is 2.45. The van der Waals surface area contributed by atoms with Crippen LogP contribution in [0.4, 0.5) is 0 Å². The fraction of sp³-hybridized carbons (Fsp3) is 0.574. The number of ether oxygens (including phenoxy) is 2. The van der Waals surface area contributed by atoms with Gasteiger partial charge in [-0.25, -0.2) is 9.59 Å². The second-order valence-corrected chi connectivity index (χ2v) is 16.3. The minimum absolute atomic E-state index is 0.00655. The predicted molar refractivity (Wildman–Crippen MR) is 213 cm³/mol. The average molecular weight is 709 g/mol. The lowest BCUT2D eigenvalue weighted by molar-refractivity contribution is -0.144. The minimum atomic E-state index is -0.650. The van der Waals surface area contributed by atoms with Gasteiger partial charge in [0.1, 0.15) is 0 Å². The van der Waals surface area contributed by atoms with Crippen molar-refractivity contribution in [3.05, 3.63) is 95.1 Å². The topological polar surface area (TPSA) is 72.8 Å². The Morgan fingerprint density at radius 3 is 2.04 bits per heavy atom. The van der Waals surface area contributed by atoms with Crippen molar-refractivity contribution in [2.45, 2.75) is 123 Å². The number of unbranched alkanes of at least 4 members (excludes halogenated alkanes) is 2. The Labute approximate surface area is 313 Å². The molecule has 5 heteroatoms. The number of hydrogen-bond acceptors (Lipinski definition) is 5. The van der Waals surface area contributed by atoms with E-state index in [2.05, 4.69) is 68.6 Å². The maximum Gasteiger partial charge on any atom is 0.335 e. The highest BCUT2D eigenvalue weighted by Gasteiger charge is 2.32. The van der Waals surface area contributed by atoms with E-state index >= 15 is 0 Å². The molecule has 3 aliphatic carbocycles. The molecule has 0 radical (unpaired) electrons. The molecule has 5 rings (SSSR count). The van der Waals surface area contributed by atoms with Crippen molar-refractivity contribution in [3.63, 3.8) is 0 Å². The van der Waals surface area contributed by atoms with E-state index in [1.54, 1.807) is 18.1 Å². The van der Waals surface area contributed by atoms with Crippen molar-refractivity contribution in [1.82, 2.24) is 0 Å². The zero-order valence-electron chi connectivity index (χ0n) is 32.1. The molecule has 2 fully saturated rings. The van der Waals surface area contributed by atoms with Gasteiger partial charge in [0.15, 0.2) is 0 Å². The Bertz CT molecular complexity index is 1580. The monoisotopic (exact) mass is 708 g/mol. The fourth-order valence-corrected chi connectivity index (χ4v) is 8.95. The van der Waals surface area contributed by atoms with Gasteiger partial charge in [0.2, 0.25) is 0 Å². The van der Waals surface area contributed by atoms with Crippen LogP contribution >= 0.6 is 0 Å². The summed E-state index contributed by atoms with van der Waals surface area (Å²) in [7, 11) is 0. The van der Waals surface area contributed by atoms with Gasteiger partial charge in [-0.3, -0.25) is 0 Å². The van der Waals surface area contributed by atoms with E-state index in [4.69, 9.17) is 9.47 Å². The van der Waals surface area contributed by atoms with E-state index in [9.17, 15) is 14.7 Å². The molecule has 0 bridgehead atoms. The summed E-state index contributed by atoms with van der Waals surface area (Å²) in [6.45, 7) is 10.8. The zero-order chi connectivity index (χ0) is 36.9. The molecule has 0 spiro atoms. The van der Waals surface area contributed by atoms with Crippen LogP contribution in [-0.4, -0.2) is 36.9 Å². The Morgan fingerprint density at radius 2 is 1.42 bits per heavy atom. The number of fused-ring (bicyclic) bond motifs is 1. The molecule has 0 heterocycles. The summed E-state index contributed by atoms with van der Waals surface area (Å²) in [5, 5.41) is 11.5. The van der Waals surface area contributed by atoms with Crippen molar-refractivity contribution in [3.8, 4) is 0 Å². The maximum absolute atomic E-state index is 12.1. The lowest BCUT2D eigenvalue weighted by Gasteiger charge is -2.38. The van der Waals surface area contributed by atoms with Gasteiger partial charge in [0, 0.05) is 11.5 Å². The van der Waals surface area contributed by atoms with Crippen molar-refractivity contribution < 1.29 is 24.2 Å². The number of carbonyl (C=O) groups is 2. The lowest BCUT2D eigenvalue weighted by Crippen LogP contribution is -2.26. The van der Waals surface area contributed by atoms with Crippen LogP contribution in [0.3, 0.4) is 0 Å². The Balaban J connectivity index is 1.08. The quantitative estimate of drug-likeness (QED) is 0.0948. The summed E-state index contributed by atoms with van der Waals surface area (Å²) in [6, 6.07) is 13.1. The molecule has 1 N–H and O–H groups in total. The van der Waals surface area contributed by atoms with E-state index < -0.39 is 18.5 Å². The summed E-state index contributed by atoms with van der Waals surface area (Å²) in [6.07, 6.45) is 27.5. The number of aryl methyl sites for hydroxylation is 1. The molecule has 2 aromatic carbocycles. The van der Waals surface area contributed by atoms with Crippen LogP contribution in [0.15, 0.2) is 84.0 Å². The second-order valence-electron chi connectivity index (χ2n) is 16.3. The van der Waals surface area contributed by atoms with Crippen molar-refractivity contribution in [1.29, 1.82) is 0 Å². The number of allylic oxidation sites excluding steroid dienone is 4. The average Bonchev–Trinajstić information content (AvgIpc) is 3.18. The van der Waals surface area contributed by atoms with Crippen molar-refractivity contribution in [2.24, 2.45) is 29.6 Å². The molecule has 1 unspecified atom stereocenters. The number of aliphatic hydroxyl groups excluding tert-OH is 1. The summed E-state index contributed by atoms with van der Waals surface area (Å²) >= 11 is 0. The zero-order valence-corrected chi connectivity index (χ0v) is 32.1. The first-order chi connectivity index (χ1) is 25.2. The summed E-state index contributed by atoms with van der Waals surface area (Å²) in [5.41, 5.74) is 6.02. The van der Waals surface area contributed by atoms with Gasteiger partial charge in [0.25, 0.3) is 0 Å². The summed E-state index contributed by atoms with van der Waals surface area (Å²) < 4.78 is 10.8. The SMILES string of the molecule is C=C(C)C(=O)OCC(COC(=O)C(=C)CO)Cc1ccc2cc(CCC3=CC=C(C4CCC(C5CCC(CCCCC)CC5)CC4)CC3)ccc2c1. The lowest BCUT2D eigenvalue weighted by atomic mass is 9.67. The van der Waals surface area contributed by atoms with E-state index in [-0.39, 0.29) is 24.7 Å². The molecule has 1 atom stereocenters. The van der Waals surface area contributed by atoms with E-state index in [1.165, 1.54) is 101 Å². The van der Waals surface area contributed by atoms with Crippen LogP contribution in [0, 0.1) is 29.6 Å². The summed E-state index contributed by atoms with van der Waals surface area (Å²) in [4.78, 5) is 24.1. The Kier molecular flexibility index (Phi) is 15.4. The van der Waals surface area contributed by atoms with Crippen LogP contribution < -0.4 is 0 Å².